The van der Waals surface area contributed by atoms with Crippen molar-refractivity contribution in [2.24, 2.45) is 17.2 Å². The largest absolute Gasteiger partial charge is 0.491 e. The summed E-state index contributed by atoms with van der Waals surface area (Å²) in [5.74, 6) is 0.660. The maximum atomic E-state index is 11.3. The van der Waals surface area contributed by atoms with Crippen LogP contribution in [0.5, 0.6) is 5.75 Å². The van der Waals surface area contributed by atoms with Crippen LogP contribution in [0.4, 0.5) is 10.5 Å². The number of primary amides is 1. The third-order valence-electron chi connectivity index (χ3n) is 2.22. The number of anilines is 1. The Bertz CT molecular complexity index is 427. The Morgan fingerprint density at radius 1 is 1.36 bits per heavy atom. The number of nitrogens with one attached hydrogen (secondary N) is 2. The van der Waals surface area contributed by atoms with Crippen LogP contribution in [0.3, 0.4) is 0 Å². The molecule has 22 heavy (non-hydrogen) atoms. The molecule has 3 amide bonds. The molecule has 1 aromatic rings. The lowest BCUT2D eigenvalue weighted by atomic mass is 10.2. The lowest BCUT2D eigenvalue weighted by Gasteiger charge is -2.13. The molecule has 0 aliphatic rings. The minimum atomic E-state index is -0.277. The van der Waals surface area contributed by atoms with Crippen LogP contribution in [0.1, 0.15) is 18.9 Å². The first-order valence-corrected chi connectivity index (χ1v) is 6.80. The number of benzene rings is 1. The molecule has 0 unspecified atom stereocenters. The van der Waals surface area contributed by atoms with Gasteiger partial charge in [-0.15, -0.1) is 0 Å². The van der Waals surface area contributed by atoms with Crippen molar-refractivity contribution < 1.29 is 14.3 Å². The molecule has 0 spiro atoms. The van der Waals surface area contributed by atoms with Crippen molar-refractivity contribution in [3.05, 3.63) is 23.8 Å². The predicted octanol–water partition coefficient (Wildman–Crippen LogP) is 0.362. The van der Waals surface area contributed by atoms with Crippen LogP contribution in [0.15, 0.2) is 18.2 Å². The van der Waals surface area contributed by atoms with Gasteiger partial charge in [-0.3, -0.25) is 4.79 Å². The third-order valence-corrected chi connectivity index (χ3v) is 2.22. The number of carbonyl (C=O) groups is 2. The molecule has 0 atom stereocenters. The van der Waals surface area contributed by atoms with E-state index in [1.165, 1.54) is 7.05 Å². The second-order valence-corrected chi connectivity index (χ2v) is 3.72. The molecule has 8 heteroatoms. The van der Waals surface area contributed by atoms with E-state index in [0.29, 0.717) is 24.6 Å². The Balaban J connectivity index is 0. The summed E-state index contributed by atoms with van der Waals surface area (Å²) in [4.78, 5) is 19.9. The van der Waals surface area contributed by atoms with Crippen molar-refractivity contribution in [3.63, 3.8) is 0 Å². The molecule has 1 rings (SSSR count). The number of rotatable bonds is 5. The van der Waals surface area contributed by atoms with Gasteiger partial charge < -0.3 is 32.6 Å². The average Bonchev–Trinajstić information content (AvgIpc) is 2.56. The molecule has 126 valence electrons. The van der Waals surface area contributed by atoms with Crippen molar-refractivity contribution in [1.82, 2.24) is 5.32 Å². The summed E-state index contributed by atoms with van der Waals surface area (Å²) < 4.78 is 5.55. The van der Waals surface area contributed by atoms with Gasteiger partial charge in [-0.1, -0.05) is 13.0 Å². The molecule has 0 heterocycles. The zero-order chi connectivity index (χ0) is 17.4. The number of hydrogen-bond acceptors (Lipinski definition) is 5. The van der Waals surface area contributed by atoms with Crippen LogP contribution in [0.2, 0.25) is 0 Å². The molecular formula is C14H27N5O3. The van der Waals surface area contributed by atoms with Gasteiger partial charge in [0.1, 0.15) is 5.75 Å². The fourth-order valence-electron chi connectivity index (χ4n) is 1.32. The van der Waals surface area contributed by atoms with E-state index in [2.05, 4.69) is 22.1 Å². The zero-order valence-electron chi connectivity index (χ0n) is 13.4. The monoisotopic (exact) mass is 313 g/mol. The average molecular weight is 313 g/mol. The van der Waals surface area contributed by atoms with Crippen LogP contribution >= 0.6 is 0 Å². The van der Waals surface area contributed by atoms with Crippen molar-refractivity contribution in [1.29, 1.82) is 0 Å². The van der Waals surface area contributed by atoms with Crippen molar-refractivity contribution in [2.75, 3.05) is 26.0 Å². The molecule has 1 aromatic carbocycles. The highest BCUT2D eigenvalue weighted by atomic mass is 16.5. The zero-order valence-corrected chi connectivity index (χ0v) is 13.4. The highest BCUT2D eigenvalue weighted by Crippen LogP contribution is 2.25. The predicted molar refractivity (Wildman–Crippen MR) is 88.6 cm³/mol. The maximum Gasteiger partial charge on any atom is 0.319 e. The standard InChI is InChI=1S/C12H19N3O2.CH3NO.CH5N/c1-3-6-17-11-5-4-9(8-13)7-10(11)15-12(16)14-2;2-1-3;1-2/h4-5,7H,3,6,8,13H2,1-2H3,(H2,14,15,16);1H,(H2,2,3);2H2,1H3. The van der Waals surface area contributed by atoms with Crippen LogP contribution in [-0.2, 0) is 11.3 Å². The van der Waals surface area contributed by atoms with Gasteiger partial charge in [-0.2, -0.15) is 0 Å². The van der Waals surface area contributed by atoms with Crippen molar-refractivity contribution in [2.45, 2.75) is 19.9 Å². The summed E-state index contributed by atoms with van der Waals surface area (Å²) in [5, 5.41) is 5.21. The number of amides is 3. The van der Waals surface area contributed by atoms with E-state index in [-0.39, 0.29) is 12.4 Å². The second kappa shape index (κ2) is 15.1. The van der Waals surface area contributed by atoms with Crippen molar-refractivity contribution in [3.8, 4) is 5.75 Å². The highest BCUT2D eigenvalue weighted by molar-refractivity contribution is 5.90. The summed E-state index contributed by atoms with van der Waals surface area (Å²) in [7, 11) is 3.06. The molecule has 0 bridgehead atoms. The number of urea groups is 1. The highest BCUT2D eigenvalue weighted by Gasteiger charge is 2.07. The number of carbonyl (C=O) groups excluding carboxylic acids is 2. The summed E-state index contributed by atoms with van der Waals surface area (Å²) in [6.45, 7) is 3.07. The Labute approximate surface area is 131 Å². The first-order valence-electron chi connectivity index (χ1n) is 6.80. The van der Waals surface area contributed by atoms with Gasteiger partial charge in [0.15, 0.2) is 0 Å². The van der Waals surface area contributed by atoms with Crippen molar-refractivity contribution >= 4 is 18.1 Å². The number of ether oxygens (including phenoxy) is 1. The first-order chi connectivity index (χ1) is 10.6. The van der Waals surface area contributed by atoms with E-state index in [1.54, 1.807) is 7.05 Å². The quantitative estimate of drug-likeness (QED) is 0.498. The summed E-state index contributed by atoms with van der Waals surface area (Å²) >= 11 is 0. The summed E-state index contributed by atoms with van der Waals surface area (Å²) in [6, 6.07) is 5.25. The van der Waals surface area contributed by atoms with E-state index in [1.807, 2.05) is 25.1 Å². The van der Waals surface area contributed by atoms with Gasteiger partial charge in [0, 0.05) is 13.6 Å². The minimum absolute atomic E-state index is 0.250. The smallest absolute Gasteiger partial charge is 0.319 e. The van der Waals surface area contributed by atoms with Crippen LogP contribution in [-0.4, -0.2) is 33.1 Å². The first kappa shape index (κ1) is 22.0. The molecule has 8 N–H and O–H groups in total. The minimum Gasteiger partial charge on any atom is -0.491 e. The molecule has 0 fully saturated rings. The Hall–Kier alpha value is -2.32. The molecule has 0 aliphatic carbocycles. The van der Waals surface area contributed by atoms with Crippen LogP contribution < -0.4 is 32.6 Å². The fourth-order valence-corrected chi connectivity index (χ4v) is 1.32. The van der Waals surface area contributed by atoms with Gasteiger partial charge in [-0.25, -0.2) is 4.79 Å². The molecule has 0 saturated carbocycles. The molecule has 0 radical (unpaired) electrons. The SMILES string of the molecule is CCCOc1ccc(CN)cc1NC(=O)NC.CN.NC=O. The van der Waals surface area contributed by atoms with Crippen LogP contribution in [0, 0.1) is 0 Å². The lowest BCUT2D eigenvalue weighted by molar-refractivity contribution is -0.106. The Morgan fingerprint density at radius 2 is 1.95 bits per heavy atom. The molecule has 0 aliphatic heterocycles. The molecule has 8 nitrogen and oxygen atoms in total. The van der Waals surface area contributed by atoms with Gasteiger partial charge in [-0.05, 0) is 31.2 Å². The second-order valence-electron chi connectivity index (χ2n) is 3.72. The maximum absolute atomic E-state index is 11.3. The molecular weight excluding hydrogens is 286 g/mol. The van der Waals surface area contributed by atoms with E-state index >= 15 is 0 Å². The Kier molecular flexibility index (Phi) is 15.1. The number of nitrogens with two attached hydrogens (primary N) is 3. The molecule has 0 aromatic heterocycles. The molecule has 0 saturated heterocycles. The third kappa shape index (κ3) is 9.56. The fraction of sp³-hybridized carbons (Fsp3) is 0.429. The van der Waals surface area contributed by atoms with Gasteiger partial charge in [0.2, 0.25) is 6.41 Å². The van der Waals surface area contributed by atoms with E-state index in [0.717, 1.165) is 12.0 Å². The van der Waals surface area contributed by atoms with Gasteiger partial charge in [0.25, 0.3) is 0 Å². The summed E-state index contributed by atoms with van der Waals surface area (Å²) in [5.41, 5.74) is 15.8. The van der Waals surface area contributed by atoms with E-state index in [9.17, 15) is 4.79 Å². The topological polar surface area (TPSA) is 145 Å². The van der Waals surface area contributed by atoms with Gasteiger partial charge >= 0.3 is 6.03 Å². The van der Waals surface area contributed by atoms with Crippen LogP contribution in [0.25, 0.3) is 0 Å². The lowest BCUT2D eigenvalue weighted by Crippen LogP contribution is -2.25. The summed E-state index contributed by atoms with van der Waals surface area (Å²) in [6.07, 6.45) is 1.16. The van der Waals surface area contributed by atoms with E-state index in [4.69, 9.17) is 15.3 Å². The van der Waals surface area contributed by atoms with Gasteiger partial charge in [0.05, 0.1) is 12.3 Å². The number of hydrogen-bond donors (Lipinski definition) is 5. The van der Waals surface area contributed by atoms with E-state index < -0.39 is 0 Å². The Morgan fingerprint density at radius 3 is 2.41 bits per heavy atom. The normalized spacial score (nSPS) is 8.41.